The third-order valence-corrected chi connectivity index (χ3v) is 5.10. The van der Waals surface area contributed by atoms with Crippen molar-refractivity contribution in [2.24, 2.45) is 0 Å². The molecule has 0 aliphatic heterocycles. The first-order valence-corrected chi connectivity index (χ1v) is 9.92. The van der Waals surface area contributed by atoms with E-state index in [9.17, 15) is 0 Å². The molecule has 2 aromatic carbocycles. The van der Waals surface area contributed by atoms with Crippen LogP contribution in [0.2, 0.25) is 0 Å². The lowest BCUT2D eigenvalue weighted by Crippen LogP contribution is -1.91. The van der Waals surface area contributed by atoms with Crippen LogP contribution < -0.4 is 0 Å². The molecule has 0 heteroatoms. The molecule has 0 spiro atoms. The molecular formula is C25H30. The van der Waals surface area contributed by atoms with Crippen molar-refractivity contribution < 1.29 is 0 Å². The van der Waals surface area contributed by atoms with Crippen molar-refractivity contribution in [1.82, 2.24) is 0 Å². The highest BCUT2D eigenvalue weighted by Crippen LogP contribution is 2.40. The summed E-state index contributed by atoms with van der Waals surface area (Å²) in [4.78, 5) is 0. The average Bonchev–Trinajstić information content (AvgIpc) is 3.02. The van der Waals surface area contributed by atoms with Crippen LogP contribution in [0.3, 0.4) is 0 Å². The van der Waals surface area contributed by atoms with E-state index >= 15 is 0 Å². The Morgan fingerprint density at radius 2 is 1.52 bits per heavy atom. The van der Waals surface area contributed by atoms with Gasteiger partial charge in [0.2, 0.25) is 0 Å². The van der Waals surface area contributed by atoms with E-state index in [2.05, 4.69) is 74.5 Å². The van der Waals surface area contributed by atoms with E-state index < -0.39 is 0 Å². The monoisotopic (exact) mass is 330 g/mol. The summed E-state index contributed by atoms with van der Waals surface area (Å²) in [5, 5.41) is 0. The van der Waals surface area contributed by atoms with Gasteiger partial charge in [0.25, 0.3) is 0 Å². The summed E-state index contributed by atoms with van der Waals surface area (Å²) >= 11 is 0. The Balaban J connectivity index is 1.95. The Kier molecular flexibility index (Phi) is 6.28. The number of fused-ring (bicyclic) bond motifs is 3. The Hall–Kier alpha value is -2.08. The maximum atomic E-state index is 2.37. The van der Waals surface area contributed by atoms with E-state index in [1.807, 2.05) is 0 Å². The Morgan fingerprint density at radius 1 is 0.800 bits per heavy atom. The number of rotatable bonds is 8. The molecule has 3 rings (SSSR count). The molecule has 2 aromatic rings. The number of allylic oxidation sites excluding steroid dienone is 2. The van der Waals surface area contributed by atoms with Crippen molar-refractivity contribution >= 4 is 12.2 Å². The molecule has 25 heavy (non-hydrogen) atoms. The fraction of sp³-hybridized carbons (Fsp3) is 0.360. The number of unbranched alkanes of at least 4 members (excludes halogenated alkanes) is 4. The SMILES string of the molecule is CCCCC=Cc1ccc2c(c1C=CCCCC)Cc1ccccc1-2. The van der Waals surface area contributed by atoms with Gasteiger partial charge in [-0.15, -0.1) is 0 Å². The smallest absolute Gasteiger partial charge is 0.000729 e. The minimum Gasteiger partial charge on any atom is -0.0839 e. The van der Waals surface area contributed by atoms with Crippen molar-refractivity contribution in [3.63, 3.8) is 0 Å². The van der Waals surface area contributed by atoms with E-state index in [-0.39, 0.29) is 0 Å². The zero-order chi connectivity index (χ0) is 17.5. The average molecular weight is 331 g/mol. The summed E-state index contributed by atoms with van der Waals surface area (Å²) in [6.07, 6.45) is 17.9. The Labute approximate surface area is 153 Å². The van der Waals surface area contributed by atoms with E-state index in [0.29, 0.717) is 0 Å². The van der Waals surface area contributed by atoms with E-state index in [0.717, 1.165) is 6.42 Å². The number of benzene rings is 2. The van der Waals surface area contributed by atoms with Crippen LogP contribution in [0.1, 0.15) is 74.6 Å². The molecule has 0 nitrogen and oxygen atoms in total. The highest BCUT2D eigenvalue weighted by atomic mass is 14.2. The van der Waals surface area contributed by atoms with Crippen LogP contribution in [0, 0.1) is 0 Å². The normalized spacial score (nSPS) is 12.9. The summed E-state index contributed by atoms with van der Waals surface area (Å²) in [6, 6.07) is 13.5. The molecule has 0 saturated heterocycles. The lowest BCUT2D eigenvalue weighted by Gasteiger charge is -2.10. The highest BCUT2D eigenvalue weighted by Gasteiger charge is 2.20. The summed E-state index contributed by atoms with van der Waals surface area (Å²) < 4.78 is 0. The predicted octanol–water partition coefficient (Wildman–Crippen LogP) is 7.66. The van der Waals surface area contributed by atoms with Gasteiger partial charge in [0.1, 0.15) is 0 Å². The third kappa shape index (κ3) is 4.12. The lowest BCUT2D eigenvalue weighted by molar-refractivity contribution is 0.816. The molecule has 0 unspecified atom stereocenters. The summed E-state index contributed by atoms with van der Waals surface area (Å²) in [6.45, 7) is 4.51. The van der Waals surface area contributed by atoms with Crippen molar-refractivity contribution in [2.45, 2.75) is 58.8 Å². The highest BCUT2D eigenvalue weighted by molar-refractivity contribution is 5.83. The first kappa shape index (κ1) is 17.7. The summed E-state index contributed by atoms with van der Waals surface area (Å²) in [5.41, 5.74) is 8.62. The molecular weight excluding hydrogens is 300 g/mol. The van der Waals surface area contributed by atoms with Crippen LogP contribution in [0.15, 0.2) is 48.6 Å². The molecule has 0 atom stereocenters. The first-order chi connectivity index (χ1) is 12.3. The summed E-state index contributed by atoms with van der Waals surface area (Å²) in [7, 11) is 0. The second kappa shape index (κ2) is 8.85. The fourth-order valence-corrected chi connectivity index (χ4v) is 3.65. The van der Waals surface area contributed by atoms with Crippen molar-refractivity contribution in [3.8, 4) is 11.1 Å². The maximum absolute atomic E-state index is 2.37. The standard InChI is InChI=1S/C25H30/c1-3-5-7-9-13-20-17-18-24-23-16-12-11-14-21(23)19-25(24)22(20)15-10-8-6-4-2/h9-18H,3-8,19H2,1-2H3. The van der Waals surface area contributed by atoms with Gasteiger partial charge in [-0.1, -0.05) is 100 Å². The van der Waals surface area contributed by atoms with E-state index in [4.69, 9.17) is 0 Å². The topological polar surface area (TPSA) is 0 Å². The molecule has 1 aliphatic rings. The van der Waals surface area contributed by atoms with Gasteiger partial charge in [0, 0.05) is 0 Å². The molecule has 0 fully saturated rings. The molecule has 0 saturated carbocycles. The van der Waals surface area contributed by atoms with Gasteiger partial charge in [-0.3, -0.25) is 0 Å². The van der Waals surface area contributed by atoms with Crippen LogP contribution in [-0.2, 0) is 6.42 Å². The quantitative estimate of drug-likeness (QED) is 0.372. The molecule has 1 aliphatic carbocycles. The van der Waals surface area contributed by atoms with Crippen LogP contribution in [-0.4, -0.2) is 0 Å². The molecule has 0 amide bonds. The van der Waals surface area contributed by atoms with Gasteiger partial charge in [-0.05, 0) is 52.6 Å². The van der Waals surface area contributed by atoms with Crippen molar-refractivity contribution in [1.29, 1.82) is 0 Å². The van der Waals surface area contributed by atoms with E-state index in [1.165, 1.54) is 71.9 Å². The summed E-state index contributed by atoms with van der Waals surface area (Å²) in [5.74, 6) is 0. The van der Waals surface area contributed by atoms with Gasteiger partial charge in [0.15, 0.2) is 0 Å². The Morgan fingerprint density at radius 3 is 2.28 bits per heavy atom. The molecule has 0 radical (unpaired) electrons. The van der Waals surface area contributed by atoms with Crippen LogP contribution in [0.25, 0.3) is 23.3 Å². The molecule has 0 aromatic heterocycles. The van der Waals surface area contributed by atoms with Crippen LogP contribution >= 0.6 is 0 Å². The van der Waals surface area contributed by atoms with Gasteiger partial charge in [0.05, 0.1) is 0 Å². The number of hydrogen-bond acceptors (Lipinski definition) is 0. The van der Waals surface area contributed by atoms with Gasteiger partial charge >= 0.3 is 0 Å². The predicted molar refractivity (Wildman–Crippen MR) is 112 cm³/mol. The zero-order valence-electron chi connectivity index (χ0n) is 15.7. The molecule has 130 valence electrons. The van der Waals surface area contributed by atoms with Crippen molar-refractivity contribution in [2.75, 3.05) is 0 Å². The van der Waals surface area contributed by atoms with Crippen LogP contribution in [0.4, 0.5) is 0 Å². The first-order valence-electron chi connectivity index (χ1n) is 9.92. The lowest BCUT2D eigenvalue weighted by atomic mass is 9.95. The van der Waals surface area contributed by atoms with Gasteiger partial charge < -0.3 is 0 Å². The fourth-order valence-electron chi connectivity index (χ4n) is 3.65. The van der Waals surface area contributed by atoms with Crippen LogP contribution in [0.5, 0.6) is 0 Å². The molecule has 0 bridgehead atoms. The molecule has 0 N–H and O–H groups in total. The number of hydrogen-bond donors (Lipinski definition) is 0. The Bertz CT molecular complexity index is 762. The van der Waals surface area contributed by atoms with Gasteiger partial charge in [-0.2, -0.15) is 0 Å². The third-order valence-electron chi connectivity index (χ3n) is 5.10. The zero-order valence-corrected chi connectivity index (χ0v) is 15.7. The van der Waals surface area contributed by atoms with E-state index in [1.54, 1.807) is 0 Å². The largest absolute Gasteiger partial charge is 0.0839 e. The second-order valence-corrected chi connectivity index (χ2v) is 7.02. The van der Waals surface area contributed by atoms with Gasteiger partial charge in [-0.25, -0.2) is 0 Å². The van der Waals surface area contributed by atoms with Crippen molar-refractivity contribution in [3.05, 3.63) is 70.8 Å². The second-order valence-electron chi connectivity index (χ2n) is 7.02. The maximum Gasteiger partial charge on any atom is -0.000729 e. The minimum atomic E-state index is 1.07. The minimum absolute atomic E-state index is 1.07. The molecule has 0 heterocycles.